The molecular weight excluding hydrogens is 392 g/mol. The molecule has 0 unspecified atom stereocenters. The molecular formula is C18H14ClF2N5O2. The van der Waals surface area contributed by atoms with Crippen LogP contribution in [0.2, 0.25) is 5.02 Å². The van der Waals surface area contributed by atoms with Crippen molar-refractivity contribution in [1.29, 1.82) is 0 Å². The van der Waals surface area contributed by atoms with Crippen molar-refractivity contribution in [3.05, 3.63) is 64.7 Å². The first kappa shape index (κ1) is 19.4. The maximum Gasteiger partial charge on any atom is 0.252 e. The van der Waals surface area contributed by atoms with Crippen LogP contribution in [0, 0.1) is 11.6 Å². The Kier molecular flexibility index (Phi) is 5.95. The van der Waals surface area contributed by atoms with E-state index in [1.807, 2.05) is 0 Å². The van der Waals surface area contributed by atoms with Gasteiger partial charge in [-0.2, -0.15) is 5.10 Å². The molecule has 0 spiro atoms. The second-order valence-electron chi connectivity index (χ2n) is 5.72. The fourth-order valence-corrected chi connectivity index (χ4v) is 2.55. The third-order valence-corrected chi connectivity index (χ3v) is 4.06. The standard InChI is InChI=1S/C18H14ClF2N5O2/c19-11-5-2-1-4-10(11)9-22-26-18-23-14(17(28)25-18)8-15(27)24-16-12(20)6-3-7-13(16)21/h1-7,9,14H,8H2,(H,24,27)(H2,23,25,26,28)/b22-9-/t14-/m1/s1. The number of nitrogens with zero attached hydrogens (tertiary/aromatic N) is 2. The molecule has 28 heavy (non-hydrogen) atoms. The number of aliphatic imine (C=N–C) groups is 1. The van der Waals surface area contributed by atoms with Gasteiger partial charge in [0.2, 0.25) is 11.9 Å². The second kappa shape index (κ2) is 8.57. The summed E-state index contributed by atoms with van der Waals surface area (Å²) in [5, 5.41) is 8.95. The number of hydrazone groups is 1. The largest absolute Gasteiger partial charge is 0.321 e. The monoisotopic (exact) mass is 405 g/mol. The van der Waals surface area contributed by atoms with Gasteiger partial charge in [-0.15, -0.1) is 0 Å². The first-order valence-electron chi connectivity index (χ1n) is 8.10. The predicted octanol–water partition coefficient (Wildman–Crippen LogP) is 2.42. The summed E-state index contributed by atoms with van der Waals surface area (Å²) in [4.78, 5) is 27.9. The molecule has 0 bridgehead atoms. The van der Waals surface area contributed by atoms with Crippen LogP contribution in [0.15, 0.2) is 52.6 Å². The van der Waals surface area contributed by atoms with Crippen LogP contribution >= 0.6 is 11.6 Å². The van der Waals surface area contributed by atoms with Crippen LogP contribution in [0.1, 0.15) is 12.0 Å². The molecule has 0 aliphatic carbocycles. The summed E-state index contributed by atoms with van der Waals surface area (Å²) in [6.07, 6.45) is 1.05. The number of anilines is 1. The molecule has 10 heteroatoms. The highest BCUT2D eigenvalue weighted by Gasteiger charge is 2.29. The normalized spacial score (nSPS) is 16.0. The molecule has 2 aromatic rings. The van der Waals surface area contributed by atoms with Gasteiger partial charge in [0, 0.05) is 10.6 Å². The fraction of sp³-hybridized carbons (Fsp3) is 0.111. The van der Waals surface area contributed by atoms with Crippen molar-refractivity contribution in [1.82, 2.24) is 10.7 Å². The Morgan fingerprint density at radius 1 is 1.21 bits per heavy atom. The zero-order chi connectivity index (χ0) is 20.1. The SMILES string of the molecule is O=C(C[C@H]1N=C(N/N=C\c2ccccc2Cl)NC1=O)Nc1c(F)cccc1F. The van der Waals surface area contributed by atoms with Crippen LogP contribution in [0.3, 0.4) is 0 Å². The maximum absolute atomic E-state index is 13.6. The fourth-order valence-electron chi connectivity index (χ4n) is 2.37. The van der Waals surface area contributed by atoms with E-state index in [9.17, 15) is 18.4 Å². The number of carbonyl (C=O) groups excluding carboxylic acids is 2. The Hall–Kier alpha value is -3.33. The van der Waals surface area contributed by atoms with E-state index >= 15 is 0 Å². The minimum Gasteiger partial charge on any atom is -0.321 e. The van der Waals surface area contributed by atoms with E-state index in [4.69, 9.17) is 11.6 Å². The third-order valence-electron chi connectivity index (χ3n) is 3.71. The Morgan fingerprint density at radius 3 is 2.64 bits per heavy atom. The van der Waals surface area contributed by atoms with E-state index in [-0.39, 0.29) is 12.4 Å². The minimum atomic E-state index is -1.05. The Labute approximate surface area is 163 Å². The lowest BCUT2D eigenvalue weighted by Crippen LogP contribution is -2.35. The van der Waals surface area contributed by atoms with Crippen molar-refractivity contribution in [2.24, 2.45) is 10.1 Å². The van der Waals surface area contributed by atoms with Gasteiger partial charge < -0.3 is 5.32 Å². The molecule has 0 saturated heterocycles. The average molecular weight is 406 g/mol. The van der Waals surface area contributed by atoms with Gasteiger partial charge in [-0.05, 0) is 18.2 Å². The van der Waals surface area contributed by atoms with Gasteiger partial charge >= 0.3 is 0 Å². The first-order valence-corrected chi connectivity index (χ1v) is 8.48. The maximum atomic E-state index is 13.6. The summed E-state index contributed by atoms with van der Waals surface area (Å²) < 4.78 is 27.1. The number of para-hydroxylation sites is 1. The van der Waals surface area contributed by atoms with Crippen LogP contribution in [0.5, 0.6) is 0 Å². The van der Waals surface area contributed by atoms with Crippen molar-refractivity contribution in [3.8, 4) is 0 Å². The van der Waals surface area contributed by atoms with Gasteiger partial charge in [0.05, 0.1) is 12.6 Å². The van der Waals surface area contributed by atoms with E-state index in [0.29, 0.717) is 10.6 Å². The summed E-state index contributed by atoms with van der Waals surface area (Å²) in [6.45, 7) is 0. The highest BCUT2D eigenvalue weighted by atomic mass is 35.5. The molecule has 0 saturated carbocycles. The second-order valence-corrected chi connectivity index (χ2v) is 6.13. The topological polar surface area (TPSA) is 94.9 Å². The van der Waals surface area contributed by atoms with Crippen LogP contribution in [0.25, 0.3) is 0 Å². The van der Waals surface area contributed by atoms with Crippen LogP contribution in [-0.2, 0) is 9.59 Å². The van der Waals surface area contributed by atoms with Gasteiger partial charge in [0.15, 0.2) is 0 Å². The quantitative estimate of drug-likeness (QED) is 0.526. The number of benzene rings is 2. The number of carbonyl (C=O) groups is 2. The predicted molar refractivity (Wildman–Crippen MR) is 101 cm³/mol. The summed E-state index contributed by atoms with van der Waals surface area (Å²) in [6, 6.07) is 9.16. The van der Waals surface area contributed by atoms with E-state index in [2.05, 4.69) is 26.2 Å². The summed E-state index contributed by atoms with van der Waals surface area (Å²) in [5.74, 6) is -3.08. The van der Waals surface area contributed by atoms with E-state index in [1.54, 1.807) is 24.3 Å². The highest BCUT2D eigenvalue weighted by molar-refractivity contribution is 6.33. The van der Waals surface area contributed by atoms with Gasteiger partial charge in [0.25, 0.3) is 5.91 Å². The Bertz CT molecular complexity index is 960. The van der Waals surface area contributed by atoms with E-state index < -0.39 is 35.2 Å². The molecule has 1 atom stereocenters. The van der Waals surface area contributed by atoms with Crippen molar-refractivity contribution in [2.45, 2.75) is 12.5 Å². The molecule has 0 radical (unpaired) electrons. The lowest BCUT2D eigenvalue weighted by Gasteiger charge is -2.08. The Morgan fingerprint density at radius 2 is 1.93 bits per heavy atom. The van der Waals surface area contributed by atoms with Crippen molar-refractivity contribution >= 4 is 41.3 Å². The van der Waals surface area contributed by atoms with Crippen molar-refractivity contribution < 1.29 is 18.4 Å². The minimum absolute atomic E-state index is 0.0446. The summed E-state index contributed by atoms with van der Waals surface area (Å²) >= 11 is 6.00. The molecule has 144 valence electrons. The summed E-state index contributed by atoms with van der Waals surface area (Å²) in [5.41, 5.74) is 2.62. The Balaban J connectivity index is 1.59. The van der Waals surface area contributed by atoms with E-state index in [1.165, 1.54) is 12.3 Å². The molecule has 1 aliphatic rings. The zero-order valence-corrected chi connectivity index (χ0v) is 15.0. The van der Waals surface area contributed by atoms with Gasteiger partial charge in [-0.1, -0.05) is 35.9 Å². The van der Waals surface area contributed by atoms with Crippen LogP contribution in [-0.4, -0.2) is 30.0 Å². The average Bonchev–Trinajstić information content (AvgIpc) is 2.99. The van der Waals surface area contributed by atoms with Gasteiger partial charge in [0.1, 0.15) is 23.4 Å². The molecule has 0 fully saturated rings. The van der Waals surface area contributed by atoms with Crippen LogP contribution < -0.4 is 16.1 Å². The van der Waals surface area contributed by atoms with Crippen molar-refractivity contribution in [3.63, 3.8) is 0 Å². The van der Waals surface area contributed by atoms with Gasteiger partial charge in [-0.25, -0.2) is 19.2 Å². The zero-order valence-electron chi connectivity index (χ0n) is 14.2. The number of hydrogen-bond acceptors (Lipinski definition) is 5. The number of guanidine groups is 1. The van der Waals surface area contributed by atoms with Crippen molar-refractivity contribution in [2.75, 3.05) is 5.32 Å². The van der Waals surface area contributed by atoms with E-state index in [0.717, 1.165) is 12.1 Å². The molecule has 3 rings (SSSR count). The molecule has 3 N–H and O–H groups in total. The lowest BCUT2D eigenvalue weighted by atomic mass is 10.2. The number of rotatable bonds is 5. The van der Waals surface area contributed by atoms with Gasteiger partial charge in [-0.3, -0.25) is 14.9 Å². The third kappa shape index (κ3) is 4.68. The summed E-state index contributed by atoms with van der Waals surface area (Å²) in [7, 11) is 0. The highest BCUT2D eigenvalue weighted by Crippen LogP contribution is 2.19. The molecule has 2 aromatic carbocycles. The smallest absolute Gasteiger partial charge is 0.252 e. The number of nitrogens with one attached hydrogen (secondary N) is 3. The number of hydrogen-bond donors (Lipinski definition) is 3. The molecule has 1 heterocycles. The molecule has 1 aliphatic heterocycles. The molecule has 7 nitrogen and oxygen atoms in total. The lowest BCUT2D eigenvalue weighted by molar-refractivity contribution is -0.123. The first-order chi connectivity index (χ1) is 13.4. The number of halogens is 3. The molecule has 2 amide bonds. The van der Waals surface area contributed by atoms with Crippen LogP contribution in [0.4, 0.5) is 14.5 Å². The number of amides is 2. The molecule has 0 aromatic heterocycles.